The molecule has 0 fully saturated rings. The van der Waals surface area contributed by atoms with E-state index >= 15 is 0 Å². The summed E-state index contributed by atoms with van der Waals surface area (Å²) in [7, 11) is 0. The summed E-state index contributed by atoms with van der Waals surface area (Å²) in [4.78, 5) is 11.9. The second-order valence-electron chi connectivity index (χ2n) is 3.89. The fourth-order valence-electron chi connectivity index (χ4n) is 1.38. The molecule has 1 rings (SSSR count). The van der Waals surface area contributed by atoms with Crippen LogP contribution < -0.4 is 5.32 Å². The van der Waals surface area contributed by atoms with Gasteiger partial charge in [-0.25, -0.2) is 4.39 Å². The minimum Gasteiger partial charge on any atom is -0.381 e. The lowest BCUT2D eigenvalue weighted by molar-refractivity contribution is 0.0941. The minimum absolute atomic E-state index is 0.175. The van der Waals surface area contributed by atoms with Crippen LogP contribution in [-0.4, -0.2) is 25.7 Å². The van der Waals surface area contributed by atoms with Crippen molar-refractivity contribution in [1.82, 2.24) is 5.32 Å². The van der Waals surface area contributed by atoms with Crippen molar-refractivity contribution < 1.29 is 13.9 Å². The quantitative estimate of drug-likeness (QED) is 0.591. The van der Waals surface area contributed by atoms with E-state index in [2.05, 4.69) is 17.9 Å². The molecule has 0 saturated heterocycles. The first-order valence-corrected chi connectivity index (χ1v) is 6.44. The van der Waals surface area contributed by atoms with Gasteiger partial charge >= 0.3 is 0 Å². The highest BCUT2D eigenvalue weighted by atomic mass is 32.1. The van der Waals surface area contributed by atoms with E-state index in [0.29, 0.717) is 18.7 Å². The van der Waals surface area contributed by atoms with Crippen LogP contribution in [0.5, 0.6) is 0 Å². The Hall–Kier alpha value is -1.07. The van der Waals surface area contributed by atoms with Gasteiger partial charge in [-0.2, -0.15) is 0 Å². The highest BCUT2D eigenvalue weighted by Gasteiger charge is 2.07. The molecule has 0 spiro atoms. The standard InChI is InChI=1S/C13H18FNO2S/c1-2-7-17-8-3-6-15-13(16)10-4-5-11(14)12(18)9-10/h4-5,9,18H,2-3,6-8H2,1H3,(H,15,16). The van der Waals surface area contributed by atoms with Crippen molar-refractivity contribution >= 4 is 18.5 Å². The molecule has 18 heavy (non-hydrogen) atoms. The van der Waals surface area contributed by atoms with Crippen LogP contribution in [-0.2, 0) is 4.74 Å². The summed E-state index contributed by atoms with van der Waals surface area (Å²) < 4.78 is 18.3. The van der Waals surface area contributed by atoms with Crippen molar-refractivity contribution in [1.29, 1.82) is 0 Å². The molecule has 0 heterocycles. The lowest BCUT2D eigenvalue weighted by atomic mass is 10.2. The van der Waals surface area contributed by atoms with Gasteiger partial charge in [-0.1, -0.05) is 6.92 Å². The molecular formula is C13H18FNO2S. The van der Waals surface area contributed by atoms with E-state index in [9.17, 15) is 9.18 Å². The van der Waals surface area contributed by atoms with Crippen LogP contribution in [0.15, 0.2) is 23.1 Å². The first-order chi connectivity index (χ1) is 8.65. The van der Waals surface area contributed by atoms with E-state index in [4.69, 9.17) is 4.74 Å². The Morgan fingerprint density at radius 2 is 2.22 bits per heavy atom. The molecule has 1 N–H and O–H groups in total. The molecule has 0 aromatic heterocycles. The number of benzene rings is 1. The van der Waals surface area contributed by atoms with E-state index in [1.165, 1.54) is 18.2 Å². The summed E-state index contributed by atoms with van der Waals surface area (Å²) in [5.74, 6) is -0.649. The Bertz CT molecular complexity index is 399. The number of ether oxygens (including phenoxy) is 1. The second-order valence-corrected chi connectivity index (χ2v) is 4.37. The van der Waals surface area contributed by atoms with Crippen LogP contribution in [0.3, 0.4) is 0 Å². The van der Waals surface area contributed by atoms with Gasteiger partial charge in [0.1, 0.15) is 5.82 Å². The fourth-order valence-corrected chi connectivity index (χ4v) is 1.59. The third-order valence-corrected chi connectivity index (χ3v) is 2.65. The van der Waals surface area contributed by atoms with Crippen molar-refractivity contribution in [3.05, 3.63) is 29.6 Å². The number of rotatable bonds is 7. The second kappa shape index (κ2) is 8.11. The maximum absolute atomic E-state index is 13.0. The van der Waals surface area contributed by atoms with Crippen LogP contribution in [0.25, 0.3) is 0 Å². The summed E-state index contributed by atoms with van der Waals surface area (Å²) in [5, 5.41) is 2.75. The number of halogens is 1. The molecule has 0 unspecified atom stereocenters. The lowest BCUT2D eigenvalue weighted by Gasteiger charge is -2.06. The molecule has 0 radical (unpaired) electrons. The zero-order valence-electron chi connectivity index (χ0n) is 10.4. The topological polar surface area (TPSA) is 38.3 Å². The molecule has 100 valence electrons. The minimum atomic E-state index is -0.428. The van der Waals surface area contributed by atoms with Gasteiger partial charge in [-0.15, -0.1) is 12.6 Å². The Morgan fingerprint density at radius 3 is 2.89 bits per heavy atom. The third kappa shape index (κ3) is 5.06. The van der Waals surface area contributed by atoms with Crippen LogP contribution in [0.2, 0.25) is 0 Å². The van der Waals surface area contributed by atoms with Crippen LogP contribution in [0.1, 0.15) is 30.1 Å². The summed E-state index contributed by atoms with van der Waals surface area (Å²) >= 11 is 3.93. The van der Waals surface area contributed by atoms with Crippen molar-refractivity contribution in [2.24, 2.45) is 0 Å². The SMILES string of the molecule is CCCOCCCNC(=O)c1ccc(F)c(S)c1. The normalized spacial score (nSPS) is 10.4. The average molecular weight is 271 g/mol. The Kier molecular flexibility index (Phi) is 6.75. The molecule has 1 aromatic rings. The number of hydrogen-bond acceptors (Lipinski definition) is 3. The molecule has 0 aliphatic heterocycles. The van der Waals surface area contributed by atoms with Gasteiger partial charge in [0.15, 0.2) is 0 Å². The maximum Gasteiger partial charge on any atom is 0.251 e. The first-order valence-electron chi connectivity index (χ1n) is 5.99. The predicted molar refractivity (Wildman–Crippen MR) is 71.7 cm³/mol. The monoisotopic (exact) mass is 271 g/mol. The molecule has 0 saturated carbocycles. The number of amides is 1. The van der Waals surface area contributed by atoms with Gasteiger partial charge in [0.25, 0.3) is 5.91 Å². The summed E-state index contributed by atoms with van der Waals surface area (Å²) in [6.45, 7) is 3.97. The molecule has 0 aliphatic carbocycles. The smallest absolute Gasteiger partial charge is 0.251 e. The Morgan fingerprint density at radius 1 is 1.44 bits per heavy atom. The summed E-state index contributed by atoms with van der Waals surface area (Å²) in [6.07, 6.45) is 1.76. The molecule has 5 heteroatoms. The van der Waals surface area contributed by atoms with Crippen molar-refractivity contribution in [2.45, 2.75) is 24.7 Å². The molecule has 0 bridgehead atoms. The molecule has 1 amide bonds. The van der Waals surface area contributed by atoms with Crippen LogP contribution >= 0.6 is 12.6 Å². The van der Waals surface area contributed by atoms with Gasteiger partial charge in [0.05, 0.1) is 0 Å². The molecule has 0 atom stereocenters. The molecule has 3 nitrogen and oxygen atoms in total. The Labute approximate surface area is 112 Å². The summed E-state index contributed by atoms with van der Waals surface area (Å²) in [5.41, 5.74) is 0.413. The van der Waals surface area contributed by atoms with Crippen molar-refractivity contribution in [3.63, 3.8) is 0 Å². The zero-order valence-corrected chi connectivity index (χ0v) is 11.3. The van der Waals surface area contributed by atoms with E-state index in [-0.39, 0.29) is 10.8 Å². The number of hydrogen-bond donors (Lipinski definition) is 2. The zero-order chi connectivity index (χ0) is 13.4. The summed E-state index contributed by atoms with van der Waals surface area (Å²) in [6, 6.07) is 4.10. The van der Waals surface area contributed by atoms with Gasteiger partial charge in [-0.05, 0) is 31.0 Å². The number of carbonyl (C=O) groups is 1. The van der Waals surface area contributed by atoms with Gasteiger partial charge in [0.2, 0.25) is 0 Å². The van der Waals surface area contributed by atoms with E-state index in [1.807, 2.05) is 6.92 Å². The average Bonchev–Trinajstić information content (AvgIpc) is 2.36. The first kappa shape index (κ1) is 15.0. The third-order valence-electron chi connectivity index (χ3n) is 2.31. The van der Waals surface area contributed by atoms with E-state index in [0.717, 1.165) is 19.4 Å². The van der Waals surface area contributed by atoms with Crippen molar-refractivity contribution in [3.8, 4) is 0 Å². The largest absolute Gasteiger partial charge is 0.381 e. The van der Waals surface area contributed by atoms with Gasteiger partial charge in [-0.3, -0.25) is 4.79 Å². The predicted octanol–water partition coefficient (Wildman–Crippen LogP) is 2.66. The highest BCUT2D eigenvalue weighted by molar-refractivity contribution is 7.80. The highest BCUT2D eigenvalue weighted by Crippen LogP contribution is 2.13. The van der Waals surface area contributed by atoms with Gasteiger partial charge < -0.3 is 10.1 Å². The van der Waals surface area contributed by atoms with Crippen LogP contribution in [0.4, 0.5) is 4.39 Å². The van der Waals surface area contributed by atoms with E-state index < -0.39 is 5.82 Å². The number of thiol groups is 1. The van der Waals surface area contributed by atoms with E-state index in [1.54, 1.807) is 0 Å². The molecular weight excluding hydrogens is 253 g/mol. The van der Waals surface area contributed by atoms with Crippen molar-refractivity contribution in [2.75, 3.05) is 19.8 Å². The number of carbonyl (C=O) groups excluding carboxylic acids is 1. The Balaban J connectivity index is 2.30. The van der Waals surface area contributed by atoms with Crippen LogP contribution in [0, 0.1) is 5.82 Å². The number of nitrogens with one attached hydrogen (secondary N) is 1. The molecule has 0 aliphatic rings. The lowest BCUT2D eigenvalue weighted by Crippen LogP contribution is -2.25. The van der Waals surface area contributed by atoms with Gasteiger partial charge in [0, 0.05) is 30.2 Å². The maximum atomic E-state index is 13.0. The fraction of sp³-hybridized carbons (Fsp3) is 0.462. The molecule has 1 aromatic carbocycles.